The van der Waals surface area contributed by atoms with Gasteiger partial charge in [0.15, 0.2) is 0 Å². The Labute approximate surface area is 217 Å². The minimum Gasteiger partial charge on any atom is -0.489 e. The fourth-order valence-corrected chi connectivity index (χ4v) is 4.92. The molecule has 1 fully saturated rings. The molecule has 0 bridgehead atoms. The van der Waals surface area contributed by atoms with Gasteiger partial charge in [0.1, 0.15) is 12.4 Å². The summed E-state index contributed by atoms with van der Waals surface area (Å²) in [5.74, 6) is 0.394. The third-order valence-electron chi connectivity index (χ3n) is 5.60. The van der Waals surface area contributed by atoms with Gasteiger partial charge in [-0.3, -0.25) is 14.5 Å². The first-order chi connectivity index (χ1) is 17.0. The smallest absolute Gasteiger partial charge is 0.293 e. The number of hydrogen-bond acceptors (Lipinski definition) is 4. The minimum atomic E-state index is -0.284. The van der Waals surface area contributed by atoms with Crippen LogP contribution in [0.2, 0.25) is 10.0 Å². The zero-order valence-corrected chi connectivity index (χ0v) is 20.7. The van der Waals surface area contributed by atoms with E-state index in [1.54, 1.807) is 18.2 Å². The number of thioether (sulfide) groups is 1. The van der Waals surface area contributed by atoms with Gasteiger partial charge in [0.05, 0.1) is 21.5 Å². The molecule has 1 saturated heterocycles. The van der Waals surface area contributed by atoms with Crippen molar-refractivity contribution in [1.29, 1.82) is 0 Å². The summed E-state index contributed by atoms with van der Waals surface area (Å²) < 4.78 is 5.81. The molecule has 1 aliphatic heterocycles. The van der Waals surface area contributed by atoms with Crippen LogP contribution in [-0.2, 0) is 17.9 Å². The summed E-state index contributed by atoms with van der Waals surface area (Å²) in [5, 5.41) is 2.92. The molecule has 4 aromatic carbocycles. The standard InChI is InChI=1S/C28H19Cl2NO3S/c29-24-12-8-20(14-25(24)30)17-34-23-10-6-18(7-11-23)15-26-27(32)31(28(33)35-26)16-19-5-9-21-3-1-2-4-22(21)13-19/h1-15H,16-17H2/b26-15-. The summed E-state index contributed by atoms with van der Waals surface area (Å²) in [5.41, 5.74) is 2.63. The third-order valence-corrected chi connectivity index (χ3v) is 7.24. The molecule has 0 radical (unpaired) electrons. The van der Waals surface area contributed by atoms with Crippen LogP contribution in [0.5, 0.6) is 5.75 Å². The monoisotopic (exact) mass is 519 g/mol. The van der Waals surface area contributed by atoms with Crippen LogP contribution in [-0.4, -0.2) is 16.0 Å². The Morgan fingerprint density at radius 2 is 1.54 bits per heavy atom. The van der Waals surface area contributed by atoms with Crippen molar-refractivity contribution in [2.75, 3.05) is 0 Å². The maximum Gasteiger partial charge on any atom is 0.293 e. The second-order valence-electron chi connectivity index (χ2n) is 8.06. The number of benzene rings is 4. The lowest BCUT2D eigenvalue weighted by molar-refractivity contribution is -0.123. The van der Waals surface area contributed by atoms with Gasteiger partial charge in [-0.2, -0.15) is 0 Å². The van der Waals surface area contributed by atoms with Gasteiger partial charge in [0.2, 0.25) is 0 Å². The van der Waals surface area contributed by atoms with Crippen molar-refractivity contribution in [3.63, 3.8) is 0 Å². The molecular formula is C28H19Cl2NO3S. The molecule has 5 rings (SSSR count). The van der Waals surface area contributed by atoms with Crippen molar-refractivity contribution in [2.24, 2.45) is 0 Å². The molecule has 4 nitrogen and oxygen atoms in total. The molecule has 1 heterocycles. The summed E-state index contributed by atoms with van der Waals surface area (Å²) >= 11 is 13.0. The van der Waals surface area contributed by atoms with Crippen molar-refractivity contribution in [3.05, 3.63) is 117 Å². The maximum atomic E-state index is 12.9. The highest BCUT2D eigenvalue weighted by atomic mass is 35.5. The summed E-state index contributed by atoms with van der Waals surface area (Å²) in [6.45, 7) is 0.595. The number of fused-ring (bicyclic) bond motifs is 1. The van der Waals surface area contributed by atoms with Crippen LogP contribution in [0.1, 0.15) is 16.7 Å². The predicted molar refractivity (Wildman–Crippen MR) is 143 cm³/mol. The van der Waals surface area contributed by atoms with E-state index in [9.17, 15) is 9.59 Å². The number of imide groups is 1. The Balaban J connectivity index is 1.24. The lowest BCUT2D eigenvalue weighted by atomic mass is 10.1. The molecule has 0 unspecified atom stereocenters. The zero-order chi connectivity index (χ0) is 24.4. The summed E-state index contributed by atoms with van der Waals surface area (Å²) in [4.78, 5) is 27.2. The molecule has 0 atom stereocenters. The van der Waals surface area contributed by atoms with E-state index in [4.69, 9.17) is 27.9 Å². The Hall–Kier alpha value is -3.25. The highest BCUT2D eigenvalue weighted by Gasteiger charge is 2.35. The van der Waals surface area contributed by atoms with Crippen molar-refractivity contribution in [1.82, 2.24) is 4.90 Å². The van der Waals surface area contributed by atoms with E-state index in [1.165, 1.54) is 4.90 Å². The molecule has 0 spiro atoms. The van der Waals surface area contributed by atoms with Crippen LogP contribution in [0, 0.1) is 0 Å². The van der Waals surface area contributed by atoms with Crippen LogP contribution in [0.15, 0.2) is 89.8 Å². The van der Waals surface area contributed by atoms with Gasteiger partial charge in [-0.25, -0.2) is 0 Å². The van der Waals surface area contributed by atoms with Gasteiger partial charge in [0, 0.05) is 0 Å². The molecule has 174 valence electrons. The van der Waals surface area contributed by atoms with Gasteiger partial charge >= 0.3 is 0 Å². The molecular weight excluding hydrogens is 501 g/mol. The number of carbonyl (C=O) groups excluding carboxylic acids is 2. The first-order valence-electron chi connectivity index (χ1n) is 10.9. The summed E-state index contributed by atoms with van der Waals surface area (Å²) in [6.07, 6.45) is 1.73. The molecule has 35 heavy (non-hydrogen) atoms. The van der Waals surface area contributed by atoms with E-state index in [1.807, 2.05) is 72.8 Å². The molecule has 1 aliphatic rings. The lowest BCUT2D eigenvalue weighted by Gasteiger charge is -2.13. The first kappa shape index (κ1) is 23.5. The van der Waals surface area contributed by atoms with E-state index < -0.39 is 0 Å². The number of halogens is 2. The number of carbonyl (C=O) groups is 2. The fraction of sp³-hybridized carbons (Fsp3) is 0.0714. The maximum absolute atomic E-state index is 12.9. The Kier molecular flexibility index (Phi) is 6.82. The quantitative estimate of drug-likeness (QED) is 0.242. The highest BCUT2D eigenvalue weighted by Crippen LogP contribution is 2.34. The average Bonchev–Trinajstić information content (AvgIpc) is 3.13. The molecule has 2 amide bonds. The van der Waals surface area contributed by atoms with Gasteiger partial charge in [-0.05, 0) is 75.6 Å². The second kappa shape index (κ2) is 10.2. The van der Waals surface area contributed by atoms with Crippen molar-refractivity contribution >= 4 is 63.0 Å². The molecule has 0 N–H and O–H groups in total. The van der Waals surface area contributed by atoms with Crippen LogP contribution < -0.4 is 4.74 Å². The SMILES string of the molecule is O=C1S/C(=C\c2ccc(OCc3ccc(Cl)c(Cl)c3)cc2)C(=O)N1Cc1ccc2ccccc2c1. The minimum absolute atomic E-state index is 0.244. The van der Waals surface area contributed by atoms with E-state index >= 15 is 0 Å². The van der Waals surface area contributed by atoms with Gasteiger partial charge in [-0.15, -0.1) is 0 Å². The van der Waals surface area contributed by atoms with E-state index in [0.29, 0.717) is 27.3 Å². The van der Waals surface area contributed by atoms with E-state index in [2.05, 4.69) is 0 Å². The Morgan fingerprint density at radius 1 is 0.800 bits per heavy atom. The number of rotatable bonds is 6. The second-order valence-corrected chi connectivity index (χ2v) is 9.86. The van der Waals surface area contributed by atoms with Crippen LogP contribution in [0.25, 0.3) is 16.8 Å². The van der Waals surface area contributed by atoms with Crippen LogP contribution in [0.4, 0.5) is 4.79 Å². The van der Waals surface area contributed by atoms with E-state index in [-0.39, 0.29) is 17.7 Å². The zero-order valence-electron chi connectivity index (χ0n) is 18.4. The number of amides is 2. The Morgan fingerprint density at radius 3 is 2.31 bits per heavy atom. The average molecular weight is 520 g/mol. The van der Waals surface area contributed by atoms with Crippen molar-refractivity contribution < 1.29 is 14.3 Å². The Bertz CT molecular complexity index is 1470. The first-order valence-corrected chi connectivity index (χ1v) is 12.4. The van der Waals surface area contributed by atoms with Gasteiger partial charge < -0.3 is 4.74 Å². The normalized spacial score (nSPS) is 14.8. The summed E-state index contributed by atoms with van der Waals surface area (Å²) in [7, 11) is 0. The number of ether oxygens (including phenoxy) is 1. The molecule has 4 aromatic rings. The third kappa shape index (κ3) is 5.38. The number of hydrogen-bond donors (Lipinski definition) is 0. The summed E-state index contributed by atoms with van der Waals surface area (Å²) in [6, 6.07) is 26.7. The fourth-order valence-electron chi connectivity index (χ4n) is 3.76. The highest BCUT2D eigenvalue weighted by molar-refractivity contribution is 8.18. The van der Waals surface area contributed by atoms with Gasteiger partial charge in [0.25, 0.3) is 11.1 Å². The molecule has 0 saturated carbocycles. The largest absolute Gasteiger partial charge is 0.489 e. The molecule has 7 heteroatoms. The van der Waals surface area contributed by atoms with Crippen molar-refractivity contribution in [2.45, 2.75) is 13.2 Å². The van der Waals surface area contributed by atoms with Crippen LogP contribution in [0.3, 0.4) is 0 Å². The van der Waals surface area contributed by atoms with Gasteiger partial charge in [-0.1, -0.05) is 77.8 Å². The molecule has 0 aromatic heterocycles. The number of nitrogens with zero attached hydrogens (tertiary/aromatic N) is 1. The topological polar surface area (TPSA) is 46.6 Å². The van der Waals surface area contributed by atoms with E-state index in [0.717, 1.165) is 39.2 Å². The van der Waals surface area contributed by atoms with Crippen LogP contribution >= 0.6 is 35.0 Å². The molecule has 0 aliphatic carbocycles. The lowest BCUT2D eigenvalue weighted by Crippen LogP contribution is -2.27. The predicted octanol–water partition coefficient (Wildman–Crippen LogP) is 7.96. The van der Waals surface area contributed by atoms with Crippen molar-refractivity contribution in [3.8, 4) is 5.75 Å².